The first-order chi connectivity index (χ1) is 8.83. The van der Waals surface area contributed by atoms with Gasteiger partial charge in [-0.05, 0) is 65.8 Å². The molecule has 2 heteroatoms. The van der Waals surface area contributed by atoms with Crippen LogP contribution < -0.4 is 0 Å². The lowest BCUT2D eigenvalue weighted by molar-refractivity contribution is 0.824. The van der Waals surface area contributed by atoms with Crippen molar-refractivity contribution in [3.05, 3.63) is 64.4 Å². The van der Waals surface area contributed by atoms with Gasteiger partial charge in [0.15, 0.2) is 0 Å². The molecule has 0 bridgehead atoms. The van der Waals surface area contributed by atoms with Crippen molar-refractivity contribution in [1.29, 1.82) is 0 Å². The standard InChI is InChI=1S/C16H14ClN/c17-15-7-6-13-4-1-5-14(16(13)10-15)9-12-3-2-8-18-11-12/h2-3,6-11H,1,4-5H2. The van der Waals surface area contributed by atoms with Gasteiger partial charge < -0.3 is 0 Å². The quantitative estimate of drug-likeness (QED) is 0.725. The van der Waals surface area contributed by atoms with Crippen LogP contribution in [0.4, 0.5) is 0 Å². The van der Waals surface area contributed by atoms with Crippen LogP contribution in [0.1, 0.15) is 29.5 Å². The van der Waals surface area contributed by atoms with Crippen LogP contribution in [0.3, 0.4) is 0 Å². The van der Waals surface area contributed by atoms with Crippen LogP contribution in [0.25, 0.3) is 11.6 Å². The number of halogens is 1. The predicted octanol–water partition coefficient (Wildman–Crippen LogP) is 4.61. The summed E-state index contributed by atoms with van der Waals surface area (Å²) >= 11 is 6.11. The summed E-state index contributed by atoms with van der Waals surface area (Å²) in [4.78, 5) is 4.15. The normalized spacial score (nSPS) is 16.6. The molecule has 2 aromatic rings. The van der Waals surface area contributed by atoms with Gasteiger partial charge in [-0.15, -0.1) is 0 Å². The number of hydrogen-bond acceptors (Lipinski definition) is 1. The summed E-state index contributed by atoms with van der Waals surface area (Å²) in [5.41, 5.74) is 5.23. The van der Waals surface area contributed by atoms with Gasteiger partial charge in [0.2, 0.25) is 0 Å². The highest BCUT2D eigenvalue weighted by Crippen LogP contribution is 2.33. The summed E-state index contributed by atoms with van der Waals surface area (Å²) in [6, 6.07) is 10.3. The molecule has 0 aliphatic heterocycles. The molecular weight excluding hydrogens is 242 g/mol. The maximum absolute atomic E-state index is 6.11. The molecule has 0 radical (unpaired) electrons. The maximum Gasteiger partial charge on any atom is 0.0412 e. The molecule has 1 heterocycles. The summed E-state index contributed by atoms with van der Waals surface area (Å²) in [6.07, 6.45) is 9.39. The Morgan fingerprint density at radius 3 is 2.94 bits per heavy atom. The van der Waals surface area contributed by atoms with E-state index in [1.54, 1.807) is 6.20 Å². The third-order valence-corrected chi connectivity index (χ3v) is 3.57. The molecule has 0 N–H and O–H groups in total. The van der Waals surface area contributed by atoms with Gasteiger partial charge in [-0.2, -0.15) is 0 Å². The topological polar surface area (TPSA) is 12.9 Å². The van der Waals surface area contributed by atoms with Crippen molar-refractivity contribution < 1.29 is 0 Å². The highest BCUT2D eigenvalue weighted by atomic mass is 35.5. The molecule has 1 nitrogen and oxygen atoms in total. The monoisotopic (exact) mass is 255 g/mol. The largest absolute Gasteiger partial charge is 0.264 e. The van der Waals surface area contributed by atoms with E-state index in [9.17, 15) is 0 Å². The van der Waals surface area contributed by atoms with E-state index in [1.165, 1.54) is 23.1 Å². The van der Waals surface area contributed by atoms with Crippen LogP contribution in [0.2, 0.25) is 5.02 Å². The third-order valence-electron chi connectivity index (χ3n) is 3.34. The second kappa shape index (κ2) is 4.95. The Bertz CT molecular complexity index is 587. The zero-order chi connectivity index (χ0) is 12.4. The maximum atomic E-state index is 6.11. The molecule has 0 amide bonds. The Balaban J connectivity index is 2.06. The van der Waals surface area contributed by atoms with Crippen LogP contribution in [-0.4, -0.2) is 4.98 Å². The molecule has 1 aromatic carbocycles. The number of hydrogen-bond donors (Lipinski definition) is 0. The van der Waals surface area contributed by atoms with Crippen molar-refractivity contribution in [3.63, 3.8) is 0 Å². The third kappa shape index (κ3) is 2.32. The molecular formula is C16H14ClN. The predicted molar refractivity (Wildman–Crippen MR) is 76.5 cm³/mol. The summed E-state index contributed by atoms with van der Waals surface area (Å²) in [7, 11) is 0. The molecule has 1 aliphatic carbocycles. The van der Waals surface area contributed by atoms with Crippen molar-refractivity contribution in [2.45, 2.75) is 19.3 Å². The summed E-state index contributed by atoms with van der Waals surface area (Å²) in [5, 5.41) is 0.813. The van der Waals surface area contributed by atoms with E-state index in [1.807, 2.05) is 18.3 Å². The summed E-state index contributed by atoms with van der Waals surface area (Å²) < 4.78 is 0. The Labute approximate surface area is 112 Å². The number of aromatic nitrogens is 1. The van der Waals surface area contributed by atoms with Gasteiger partial charge in [0.1, 0.15) is 0 Å². The Hall–Kier alpha value is -1.60. The zero-order valence-electron chi connectivity index (χ0n) is 10.1. The van der Waals surface area contributed by atoms with E-state index in [0.29, 0.717) is 0 Å². The van der Waals surface area contributed by atoms with Crippen LogP contribution >= 0.6 is 11.6 Å². The molecule has 1 aromatic heterocycles. The number of benzene rings is 1. The second-order valence-corrected chi connectivity index (χ2v) is 5.05. The first-order valence-electron chi connectivity index (χ1n) is 6.22. The van der Waals surface area contributed by atoms with Gasteiger partial charge in [-0.25, -0.2) is 0 Å². The van der Waals surface area contributed by atoms with E-state index >= 15 is 0 Å². The fraction of sp³-hybridized carbons (Fsp3) is 0.188. The molecule has 0 fully saturated rings. The van der Waals surface area contributed by atoms with Crippen molar-refractivity contribution >= 4 is 23.3 Å². The van der Waals surface area contributed by atoms with Gasteiger partial charge >= 0.3 is 0 Å². The minimum Gasteiger partial charge on any atom is -0.264 e. The van der Waals surface area contributed by atoms with Gasteiger partial charge in [0.25, 0.3) is 0 Å². The molecule has 0 spiro atoms. The number of pyridine rings is 1. The van der Waals surface area contributed by atoms with Crippen molar-refractivity contribution in [2.24, 2.45) is 0 Å². The van der Waals surface area contributed by atoms with Crippen LogP contribution in [0, 0.1) is 0 Å². The van der Waals surface area contributed by atoms with E-state index in [0.717, 1.165) is 23.4 Å². The summed E-state index contributed by atoms with van der Waals surface area (Å²) in [6.45, 7) is 0. The molecule has 90 valence electrons. The van der Waals surface area contributed by atoms with E-state index in [4.69, 9.17) is 11.6 Å². The van der Waals surface area contributed by atoms with Crippen molar-refractivity contribution in [3.8, 4) is 0 Å². The van der Waals surface area contributed by atoms with Gasteiger partial charge in [-0.1, -0.05) is 23.7 Å². The van der Waals surface area contributed by atoms with Crippen LogP contribution in [0.5, 0.6) is 0 Å². The first kappa shape index (κ1) is 11.5. The number of nitrogens with zero attached hydrogens (tertiary/aromatic N) is 1. The molecule has 0 saturated heterocycles. The van der Waals surface area contributed by atoms with E-state index in [2.05, 4.69) is 29.3 Å². The second-order valence-electron chi connectivity index (χ2n) is 4.61. The van der Waals surface area contributed by atoms with Crippen LogP contribution in [0.15, 0.2) is 42.7 Å². The SMILES string of the molecule is Clc1ccc2c(c1)C(=Cc1cccnc1)CCC2. The molecule has 3 rings (SSSR count). The van der Waals surface area contributed by atoms with Crippen LogP contribution in [-0.2, 0) is 6.42 Å². The van der Waals surface area contributed by atoms with Crippen molar-refractivity contribution in [1.82, 2.24) is 4.98 Å². The van der Waals surface area contributed by atoms with Gasteiger partial charge in [0.05, 0.1) is 0 Å². The minimum atomic E-state index is 0.813. The zero-order valence-corrected chi connectivity index (χ0v) is 10.8. The average Bonchev–Trinajstić information content (AvgIpc) is 2.41. The first-order valence-corrected chi connectivity index (χ1v) is 6.60. The number of fused-ring (bicyclic) bond motifs is 1. The molecule has 1 aliphatic rings. The van der Waals surface area contributed by atoms with Gasteiger partial charge in [0, 0.05) is 17.4 Å². The molecule has 0 saturated carbocycles. The van der Waals surface area contributed by atoms with Crippen molar-refractivity contribution in [2.75, 3.05) is 0 Å². The van der Waals surface area contributed by atoms with Gasteiger partial charge in [-0.3, -0.25) is 4.98 Å². The highest BCUT2D eigenvalue weighted by Gasteiger charge is 2.14. The Morgan fingerprint density at radius 1 is 1.17 bits per heavy atom. The lowest BCUT2D eigenvalue weighted by atomic mass is 9.86. The lowest BCUT2D eigenvalue weighted by Gasteiger charge is -2.19. The smallest absolute Gasteiger partial charge is 0.0412 e. The Morgan fingerprint density at radius 2 is 2.11 bits per heavy atom. The van der Waals surface area contributed by atoms with E-state index in [-0.39, 0.29) is 0 Å². The summed E-state index contributed by atoms with van der Waals surface area (Å²) in [5.74, 6) is 0. The Kier molecular flexibility index (Phi) is 3.16. The number of allylic oxidation sites excluding steroid dienone is 1. The highest BCUT2D eigenvalue weighted by molar-refractivity contribution is 6.30. The molecule has 0 unspecified atom stereocenters. The number of rotatable bonds is 1. The minimum absolute atomic E-state index is 0.813. The number of aryl methyl sites for hydroxylation is 1. The lowest BCUT2D eigenvalue weighted by Crippen LogP contribution is -2.01. The van der Waals surface area contributed by atoms with E-state index < -0.39 is 0 Å². The molecule has 18 heavy (non-hydrogen) atoms. The fourth-order valence-corrected chi connectivity index (χ4v) is 2.65. The molecule has 0 atom stereocenters. The average molecular weight is 256 g/mol. The fourth-order valence-electron chi connectivity index (χ4n) is 2.48.